The minimum absolute atomic E-state index is 0.0129. The maximum Gasteiger partial charge on any atom is 0.267 e. The number of halogens is 1. The molecule has 3 amide bonds. The highest BCUT2D eigenvalue weighted by atomic mass is 35.5. The number of nitrogens with two attached hydrogens (primary N) is 2. The lowest BCUT2D eigenvalue weighted by Crippen LogP contribution is -2.49. The molecule has 3 saturated heterocycles. The number of anilines is 1. The molecule has 4 heterocycles. The van der Waals surface area contributed by atoms with Crippen LogP contribution in [-0.2, 0) is 14.4 Å². The number of amides is 3. The van der Waals surface area contributed by atoms with E-state index in [9.17, 15) is 14.4 Å². The van der Waals surface area contributed by atoms with Crippen LogP contribution in [0.4, 0.5) is 5.69 Å². The van der Waals surface area contributed by atoms with Gasteiger partial charge in [-0.3, -0.25) is 24.6 Å². The molecular weight excluding hydrogens is 768 g/mol. The Balaban J connectivity index is 0.765. The maximum atomic E-state index is 12.9. The van der Waals surface area contributed by atoms with Crippen LogP contribution < -0.4 is 31.7 Å². The number of hydrogen-bond acceptors (Lipinski definition) is 11. The van der Waals surface area contributed by atoms with Crippen molar-refractivity contribution in [3.8, 4) is 11.8 Å². The summed E-state index contributed by atoms with van der Waals surface area (Å²) in [6, 6.07) is 17.7. The lowest BCUT2D eigenvalue weighted by molar-refractivity contribution is -0.134. The van der Waals surface area contributed by atoms with Crippen molar-refractivity contribution in [2.24, 2.45) is 17.4 Å². The van der Waals surface area contributed by atoms with Gasteiger partial charge in [-0.1, -0.05) is 23.7 Å². The van der Waals surface area contributed by atoms with Crippen LogP contribution in [0.1, 0.15) is 68.4 Å². The third-order valence-electron chi connectivity index (χ3n) is 12.5. The number of allylic oxidation sites excluding steroid dienone is 2. The SMILES string of the molecule is N#Cc1ccc(OC2CCC(NC(=O)/C(N)=C/C=C(\N)N3CCC(CN4CCN(c5ccc6c(ccc7occ(C8CCC(=O)NC8=O)c76)c5)CC4)CC3)CC2)cc1Cl. The number of nitriles is 1. The van der Waals surface area contributed by atoms with Gasteiger partial charge in [0.15, 0.2) is 0 Å². The Morgan fingerprint density at radius 2 is 1.73 bits per heavy atom. The van der Waals surface area contributed by atoms with Crippen molar-refractivity contribution in [1.82, 2.24) is 20.4 Å². The van der Waals surface area contributed by atoms with Crippen molar-refractivity contribution in [1.29, 1.82) is 5.26 Å². The first-order chi connectivity index (χ1) is 28.6. The van der Waals surface area contributed by atoms with Gasteiger partial charge in [-0.2, -0.15) is 5.26 Å². The summed E-state index contributed by atoms with van der Waals surface area (Å²) >= 11 is 6.15. The largest absolute Gasteiger partial charge is 0.490 e. The Morgan fingerprint density at radius 1 is 0.949 bits per heavy atom. The molecule has 1 unspecified atom stereocenters. The zero-order valence-corrected chi connectivity index (χ0v) is 33.9. The topological polar surface area (TPSA) is 183 Å². The van der Waals surface area contributed by atoms with E-state index in [-0.39, 0.29) is 35.6 Å². The van der Waals surface area contributed by atoms with Gasteiger partial charge in [-0.05, 0) is 104 Å². The molecule has 0 bridgehead atoms. The second-order valence-corrected chi connectivity index (χ2v) is 16.7. The van der Waals surface area contributed by atoms with Gasteiger partial charge in [0, 0.05) is 81.0 Å². The van der Waals surface area contributed by atoms with Gasteiger partial charge in [0.05, 0.1) is 40.4 Å². The third-order valence-corrected chi connectivity index (χ3v) is 12.8. The number of carbonyl (C=O) groups is 3. The van der Waals surface area contributed by atoms with Crippen molar-refractivity contribution in [3.05, 3.63) is 94.6 Å². The van der Waals surface area contributed by atoms with Crippen molar-refractivity contribution in [2.45, 2.75) is 69.4 Å². The Morgan fingerprint density at radius 3 is 2.46 bits per heavy atom. The average molecular weight is 819 g/mol. The van der Waals surface area contributed by atoms with Crippen LogP contribution in [0.15, 0.2) is 82.9 Å². The molecule has 1 atom stereocenters. The molecule has 3 aromatic carbocycles. The van der Waals surface area contributed by atoms with Gasteiger partial charge < -0.3 is 35.7 Å². The Kier molecular flexibility index (Phi) is 12.0. The van der Waals surface area contributed by atoms with E-state index in [1.54, 1.807) is 36.6 Å². The number of rotatable bonds is 10. The molecule has 308 valence electrons. The van der Waals surface area contributed by atoms with Crippen LogP contribution in [0.3, 0.4) is 0 Å². The van der Waals surface area contributed by atoms with Crippen molar-refractivity contribution >= 4 is 56.8 Å². The maximum absolute atomic E-state index is 12.9. The molecule has 4 fully saturated rings. The second kappa shape index (κ2) is 17.6. The number of benzene rings is 3. The third kappa shape index (κ3) is 9.14. The number of piperazine rings is 1. The zero-order valence-electron chi connectivity index (χ0n) is 33.1. The molecule has 4 aliphatic rings. The van der Waals surface area contributed by atoms with E-state index in [2.05, 4.69) is 55.7 Å². The van der Waals surface area contributed by atoms with E-state index >= 15 is 0 Å². The summed E-state index contributed by atoms with van der Waals surface area (Å²) in [7, 11) is 0. The first kappa shape index (κ1) is 40.1. The number of likely N-dealkylation sites (tertiary alicyclic amines) is 1. The molecule has 13 nitrogen and oxygen atoms in total. The highest BCUT2D eigenvalue weighted by Crippen LogP contribution is 2.38. The quantitative estimate of drug-likeness (QED) is 0.0886. The lowest BCUT2D eigenvalue weighted by Gasteiger charge is -2.40. The Bertz CT molecular complexity index is 2330. The molecular formula is C45H51ClN8O5. The predicted molar refractivity (Wildman–Crippen MR) is 227 cm³/mol. The number of hydrogen-bond donors (Lipinski definition) is 4. The fourth-order valence-electron chi connectivity index (χ4n) is 9.05. The highest BCUT2D eigenvalue weighted by molar-refractivity contribution is 6.31. The molecule has 59 heavy (non-hydrogen) atoms. The molecule has 1 aliphatic carbocycles. The van der Waals surface area contributed by atoms with Crippen LogP contribution in [0.25, 0.3) is 21.7 Å². The standard InChI is InChI=1S/C45H51ClN8O5/c46-38-24-34(6-1-30(38)25-47)59-33-7-3-31(4-8-33)50-45(57)39(48)11-13-41(49)54-17-15-28(16-18-54)26-52-19-21-53(22-20-52)32-5-9-35-29(23-32)2-12-40-43(35)37(27-58-40)36-10-14-42(55)51-44(36)56/h1-2,5-6,9,11-13,23-24,27-28,31,33,36H,3-4,7-8,10,14-22,26,48-49H2,(H,50,57)(H,51,55,56)/b39-11-,41-13+. The number of nitrogens with zero attached hydrogens (tertiary/aromatic N) is 4. The fraction of sp³-hybridized carbons (Fsp3) is 0.422. The number of carbonyl (C=O) groups excluding carboxylic acids is 3. The minimum Gasteiger partial charge on any atom is -0.490 e. The molecule has 4 aromatic rings. The molecule has 14 heteroatoms. The highest BCUT2D eigenvalue weighted by Gasteiger charge is 2.31. The van der Waals surface area contributed by atoms with Crippen molar-refractivity contribution in [3.63, 3.8) is 0 Å². The van der Waals surface area contributed by atoms with Crippen molar-refractivity contribution in [2.75, 3.05) is 50.7 Å². The van der Waals surface area contributed by atoms with E-state index < -0.39 is 5.92 Å². The molecule has 0 radical (unpaired) electrons. The van der Waals surface area contributed by atoms with E-state index in [0.717, 1.165) is 112 Å². The van der Waals surface area contributed by atoms with Crippen LogP contribution in [0, 0.1) is 17.2 Å². The average Bonchev–Trinajstić information content (AvgIpc) is 3.68. The first-order valence-electron chi connectivity index (χ1n) is 20.7. The van der Waals surface area contributed by atoms with Crippen LogP contribution in [0.5, 0.6) is 5.75 Å². The minimum atomic E-state index is -0.399. The molecule has 3 aliphatic heterocycles. The number of piperidine rings is 2. The lowest BCUT2D eigenvalue weighted by atomic mass is 9.89. The van der Waals surface area contributed by atoms with Gasteiger partial charge >= 0.3 is 0 Å². The van der Waals surface area contributed by atoms with Gasteiger partial charge in [0.25, 0.3) is 5.91 Å². The van der Waals surface area contributed by atoms with Gasteiger partial charge in [-0.25, -0.2) is 0 Å². The number of nitrogens with one attached hydrogen (secondary N) is 2. The summed E-state index contributed by atoms with van der Waals surface area (Å²) < 4.78 is 11.9. The fourth-order valence-corrected chi connectivity index (χ4v) is 9.27. The van der Waals surface area contributed by atoms with Crippen LogP contribution >= 0.6 is 11.6 Å². The normalized spacial score (nSPS) is 22.7. The second-order valence-electron chi connectivity index (χ2n) is 16.3. The molecule has 0 spiro atoms. The zero-order chi connectivity index (χ0) is 41.0. The summed E-state index contributed by atoms with van der Waals surface area (Å²) in [5.41, 5.74) is 16.0. The number of imide groups is 1. The molecule has 1 saturated carbocycles. The Hall–Kier alpha value is -5.71. The van der Waals surface area contributed by atoms with E-state index in [0.29, 0.717) is 40.9 Å². The molecule has 1 aromatic heterocycles. The number of furan rings is 1. The summed E-state index contributed by atoms with van der Waals surface area (Å²) in [6.07, 6.45) is 11.1. The van der Waals surface area contributed by atoms with Crippen LogP contribution in [0.2, 0.25) is 5.02 Å². The van der Waals surface area contributed by atoms with E-state index in [1.807, 2.05) is 6.07 Å². The van der Waals surface area contributed by atoms with E-state index in [4.69, 9.17) is 37.5 Å². The summed E-state index contributed by atoms with van der Waals surface area (Å²) in [4.78, 5) is 44.5. The monoisotopic (exact) mass is 818 g/mol. The molecule has 8 rings (SSSR count). The molecule has 6 N–H and O–H groups in total. The van der Waals surface area contributed by atoms with Crippen LogP contribution in [-0.4, -0.2) is 85.5 Å². The summed E-state index contributed by atoms with van der Waals surface area (Å²) in [5, 5.41) is 18.1. The first-order valence-corrected chi connectivity index (χ1v) is 21.1. The van der Waals surface area contributed by atoms with Gasteiger partial charge in [0.1, 0.15) is 17.4 Å². The van der Waals surface area contributed by atoms with E-state index in [1.165, 1.54) is 5.69 Å². The predicted octanol–water partition coefficient (Wildman–Crippen LogP) is 5.61. The van der Waals surface area contributed by atoms with Gasteiger partial charge in [0.2, 0.25) is 11.8 Å². The smallest absolute Gasteiger partial charge is 0.267 e. The number of fused-ring (bicyclic) bond motifs is 3. The number of ether oxygens (including phenoxy) is 1. The Labute approximate surface area is 348 Å². The van der Waals surface area contributed by atoms with Gasteiger partial charge in [-0.15, -0.1) is 0 Å². The van der Waals surface area contributed by atoms with Crippen molar-refractivity contribution < 1.29 is 23.5 Å². The summed E-state index contributed by atoms with van der Waals surface area (Å²) in [6.45, 7) is 6.67. The summed E-state index contributed by atoms with van der Waals surface area (Å²) in [5.74, 6) is 0.671.